The maximum Gasteiger partial charge on any atom is 0.0136 e. The van der Waals surface area contributed by atoms with Crippen LogP contribution < -0.4 is 11.1 Å². The normalized spacial score (nSPS) is 43.9. The summed E-state index contributed by atoms with van der Waals surface area (Å²) < 4.78 is 0. The Balaban J connectivity index is 2.12. The third-order valence-corrected chi connectivity index (χ3v) is 3.56. The molecule has 0 radical (unpaired) electrons. The van der Waals surface area contributed by atoms with Crippen molar-refractivity contribution < 1.29 is 0 Å². The molecule has 0 aromatic carbocycles. The molecule has 3 N–H and O–H groups in total. The highest BCUT2D eigenvalue weighted by Crippen LogP contribution is 2.43. The van der Waals surface area contributed by atoms with E-state index >= 15 is 0 Å². The van der Waals surface area contributed by atoms with Gasteiger partial charge in [-0.1, -0.05) is 6.42 Å². The quantitative estimate of drug-likeness (QED) is 0.588. The van der Waals surface area contributed by atoms with Crippen LogP contribution in [0.15, 0.2) is 0 Å². The maximum atomic E-state index is 5.84. The first-order valence-corrected chi connectivity index (χ1v) is 4.81. The van der Waals surface area contributed by atoms with Gasteiger partial charge in [0.25, 0.3) is 0 Å². The van der Waals surface area contributed by atoms with Crippen LogP contribution in [-0.4, -0.2) is 19.1 Å². The molecule has 1 aliphatic carbocycles. The molecule has 1 saturated carbocycles. The van der Waals surface area contributed by atoms with Crippen LogP contribution in [0.4, 0.5) is 0 Å². The Morgan fingerprint density at radius 3 is 2.91 bits per heavy atom. The highest BCUT2D eigenvalue weighted by atomic mass is 15.0. The average molecular weight is 154 g/mol. The van der Waals surface area contributed by atoms with Crippen molar-refractivity contribution in [2.24, 2.45) is 11.1 Å². The van der Waals surface area contributed by atoms with Crippen LogP contribution in [0.2, 0.25) is 0 Å². The average Bonchev–Trinajstić information content (AvgIpc) is 2.48. The third-order valence-electron chi connectivity index (χ3n) is 3.56. The van der Waals surface area contributed by atoms with Crippen molar-refractivity contribution in [2.75, 3.05) is 13.1 Å². The fraction of sp³-hybridized carbons (Fsp3) is 1.00. The molecule has 2 unspecified atom stereocenters. The fourth-order valence-electron chi connectivity index (χ4n) is 2.82. The molecule has 0 bridgehead atoms. The molecule has 11 heavy (non-hydrogen) atoms. The topological polar surface area (TPSA) is 38.0 Å². The van der Waals surface area contributed by atoms with E-state index in [9.17, 15) is 0 Å². The lowest BCUT2D eigenvalue weighted by Gasteiger charge is -2.39. The van der Waals surface area contributed by atoms with E-state index in [-0.39, 0.29) is 0 Å². The predicted molar refractivity (Wildman–Crippen MR) is 46.4 cm³/mol. The van der Waals surface area contributed by atoms with Gasteiger partial charge >= 0.3 is 0 Å². The minimum Gasteiger partial charge on any atom is -0.330 e. The van der Waals surface area contributed by atoms with Gasteiger partial charge in [-0.15, -0.1) is 0 Å². The van der Waals surface area contributed by atoms with Crippen molar-refractivity contribution in [1.29, 1.82) is 0 Å². The lowest BCUT2D eigenvalue weighted by Crippen LogP contribution is -2.50. The number of nitrogens with two attached hydrogens (primary N) is 1. The van der Waals surface area contributed by atoms with Crippen LogP contribution in [0.3, 0.4) is 0 Å². The second-order valence-corrected chi connectivity index (χ2v) is 4.07. The van der Waals surface area contributed by atoms with E-state index < -0.39 is 0 Å². The van der Waals surface area contributed by atoms with Gasteiger partial charge in [0.1, 0.15) is 0 Å². The Morgan fingerprint density at radius 2 is 2.18 bits per heavy atom. The molecule has 0 aromatic heterocycles. The Kier molecular flexibility index (Phi) is 1.90. The van der Waals surface area contributed by atoms with E-state index in [1.54, 1.807) is 0 Å². The maximum absolute atomic E-state index is 5.84. The van der Waals surface area contributed by atoms with Crippen molar-refractivity contribution >= 4 is 0 Å². The molecule has 1 heterocycles. The summed E-state index contributed by atoms with van der Waals surface area (Å²) in [4.78, 5) is 0. The Morgan fingerprint density at radius 1 is 1.36 bits per heavy atom. The molecule has 2 rings (SSSR count). The molecule has 64 valence electrons. The van der Waals surface area contributed by atoms with Gasteiger partial charge in [-0.25, -0.2) is 0 Å². The fourth-order valence-corrected chi connectivity index (χ4v) is 2.82. The van der Waals surface area contributed by atoms with Crippen LogP contribution in [-0.2, 0) is 0 Å². The van der Waals surface area contributed by atoms with Crippen LogP contribution in [0.5, 0.6) is 0 Å². The van der Waals surface area contributed by atoms with E-state index in [4.69, 9.17) is 5.73 Å². The Hall–Kier alpha value is -0.0800. The van der Waals surface area contributed by atoms with Gasteiger partial charge in [0.05, 0.1) is 0 Å². The number of nitrogens with one attached hydrogen (secondary N) is 1. The summed E-state index contributed by atoms with van der Waals surface area (Å²) in [7, 11) is 0. The second-order valence-electron chi connectivity index (χ2n) is 4.07. The monoisotopic (exact) mass is 154 g/mol. The molecule has 2 heteroatoms. The van der Waals surface area contributed by atoms with Gasteiger partial charge < -0.3 is 11.1 Å². The highest BCUT2D eigenvalue weighted by molar-refractivity contribution is 4.99. The molecule has 0 amide bonds. The lowest BCUT2D eigenvalue weighted by molar-refractivity contribution is 0.175. The van der Waals surface area contributed by atoms with Gasteiger partial charge in [-0.2, -0.15) is 0 Å². The van der Waals surface area contributed by atoms with Gasteiger partial charge in [0.15, 0.2) is 0 Å². The standard InChI is InChI=1S/C9H18N2/c10-7-9-4-1-3-8(9)11-6-2-5-9/h8,11H,1-7,10H2. The van der Waals surface area contributed by atoms with Crippen LogP contribution in [0.25, 0.3) is 0 Å². The van der Waals surface area contributed by atoms with Crippen molar-refractivity contribution in [3.63, 3.8) is 0 Å². The SMILES string of the molecule is NCC12CCCNC1CCC2. The first-order valence-electron chi connectivity index (χ1n) is 4.81. The highest BCUT2D eigenvalue weighted by Gasteiger charge is 2.42. The first kappa shape index (κ1) is 7.56. The van der Waals surface area contributed by atoms with Crippen LogP contribution in [0.1, 0.15) is 32.1 Å². The first-order chi connectivity index (χ1) is 5.37. The van der Waals surface area contributed by atoms with E-state index in [0.29, 0.717) is 5.41 Å². The molecule has 2 atom stereocenters. The zero-order valence-corrected chi connectivity index (χ0v) is 7.10. The summed E-state index contributed by atoms with van der Waals surface area (Å²) in [6, 6.07) is 0.751. The van der Waals surface area contributed by atoms with E-state index in [1.807, 2.05) is 0 Å². The summed E-state index contributed by atoms with van der Waals surface area (Å²) in [6.45, 7) is 2.11. The van der Waals surface area contributed by atoms with Crippen molar-refractivity contribution in [1.82, 2.24) is 5.32 Å². The van der Waals surface area contributed by atoms with Crippen molar-refractivity contribution in [2.45, 2.75) is 38.1 Å². The molecule has 1 aliphatic heterocycles. The van der Waals surface area contributed by atoms with Crippen molar-refractivity contribution in [3.05, 3.63) is 0 Å². The number of hydrogen-bond donors (Lipinski definition) is 2. The number of hydrogen-bond acceptors (Lipinski definition) is 2. The number of piperidine rings is 1. The van der Waals surface area contributed by atoms with Crippen LogP contribution in [0, 0.1) is 5.41 Å². The third kappa shape index (κ3) is 1.09. The molecule has 2 nitrogen and oxygen atoms in total. The Labute approximate surface area is 68.5 Å². The molecule has 2 aliphatic rings. The van der Waals surface area contributed by atoms with Gasteiger partial charge in [-0.05, 0) is 44.2 Å². The molecule has 2 fully saturated rings. The summed E-state index contributed by atoms with van der Waals surface area (Å²) in [6.07, 6.45) is 6.79. The van der Waals surface area contributed by atoms with E-state index in [0.717, 1.165) is 12.6 Å². The minimum atomic E-state index is 0.498. The summed E-state index contributed by atoms with van der Waals surface area (Å²) in [5.74, 6) is 0. The van der Waals surface area contributed by atoms with E-state index in [1.165, 1.54) is 38.6 Å². The zero-order chi connectivity index (χ0) is 7.73. The lowest BCUT2D eigenvalue weighted by atomic mass is 9.76. The number of rotatable bonds is 1. The summed E-state index contributed by atoms with van der Waals surface area (Å²) >= 11 is 0. The number of fused-ring (bicyclic) bond motifs is 1. The molecule has 1 saturated heterocycles. The van der Waals surface area contributed by atoms with E-state index in [2.05, 4.69) is 5.32 Å². The zero-order valence-electron chi connectivity index (χ0n) is 7.10. The Bertz CT molecular complexity index is 146. The molecular formula is C9H18N2. The molecular weight excluding hydrogens is 136 g/mol. The van der Waals surface area contributed by atoms with Gasteiger partial charge in [0, 0.05) is 6.04 Å². The van der Waals surface area contributed by atoms with Crippen molar-refractivity contribution in [3.8, 4) is 0 Å². The largest absolute Gasteiger partial charge is 0.330 e. The van der Waals surface area contributed by atoms with Crippen LogP contribution >= 0.6 is 0 Å². The van der Waals surface area contributed by atoms with Gasteiger partial charge in [-0.3, -0.25) is 0 Å². The summed E-state index contributed by atoms with van der Waals surface area (Å²) in [5, 5.41) is 3.59. The second kappa shape index (κ2) is 2.76. The molecule has 0 aromatic rings. The molecule has 0 spiro atoms. The smallest absolute Gasteiger partial charge is 0.0136 e. The summed E-state index contributed by atoms with van der Waals surface area (Å²) in [5.41, 5.74) is 6.34. The minimum absolute atomic E-state index is 0.498. The predicted octanol–water partition coefficient (Wildman–Crippen LogP) is 0.867. The van der Waals surface area contributed by atoms with Gasteiger partial charge in [0.2, 0.25) is 0 Å².